The van der Waals surface area contributed by atoms with Gasteiger partial charge >= 0.3 is 5.97 Å². The van der Waals surface area contributed by atoms with E-state index in [2.05, 4.69) is 4.72 Å². The average Bonchev–Trinajstić information content (AvgIpc) is 2.34. The van der Waals surface area contributed by atoms with Gasteiger partial charge in [0.15, 0.2) is 0 Å². The Hall–Kier alpha value is -0.660. The molecule has 0 spiro atoms. The largest absolute Gasteiger partial charge is 0.481 e. The van der Waals surface area contributed by atoms with Gasteiger partial charge in [0.05, 0.1) is 0 Å². The van der Waals surface area contributed by atoms with Crippen LogP contribution in [0.4, 0.5) is 0 Å². The van der Waals surface area contributed by atoms with Crippen LogP contribution in [0.5, 0.6) is 0 Å². The van der Waals surface area contributed by atoms with Crippen LogP contribution in [0.15, 0.2) is 0 Å². The third-order valence-electron chi connectivity index (χ3n) is 3.41. The molecule has 0 rings (SSSR count). The van der Waals surface area contributed by atoms with Gasteiger partial charge in [0, 0.05) is 26.1 Å². The SMILES string of the molecule is CCCC(CCNS(=O)(=O)N(C)C(C)C)CCC(=O)O. The summed E-state index contributed by atoms with van der Waals surface area (Å²) in [6.45, 7) is 6.02. The highest BCUT2D eigenvalue weighted by atomic mass is 32.2. The number of rotatable bonds is 11. The molecule has 0 bridgehead atoms. The van der Waals surface area contributed by atoms with Gasteiger partial charge in [0.2, 0.25) is 0 Å². The van der Waals surface area contributed by atoms with Crippen LogP contribution in [0.3, 0.4) is 0 Å². The van der Waals surface area contributed by atoms with Gasteiger partial charge in [-0.3, -0.25) is 4.79 Å². The minimum absolute atomic E-state index is 0.0917. The molecule has 0 aromatic heterocycles. The number of nitrogens with zero attached hydrogens (tertiary/aromatic N) is 1. The van der Waals surface area contributed by atoms with Crippen molar-refractivity contribution in [3.05, 3.63) is 0 Å². The third-order valence-corrected chi connectivity index (χ3v) is 5.16. The van der Waals surface area contributed by atoms with Crippen LogP contribution in [0.25, 0.3) is 0 Å². The van der Waals surface area contributed by atoms with Crippen LogP contribution >= 0.6 is 0 Å². The first-order valence-corrected chi connectivity index (χ1v) is 8.59. The molecule has 7 heteroatoms. The van der Waals surface area contributed by atoms with Gasteiger partial charge in [-0.2, -0.15) is 12.7 Å². The van der Waals surface area contributed by atoms with E-state index in [0.717, 1.165) is 12.8 Å². The molecule has 20 heavy (non-hydrogen) atoms. The maximum absolute atomic E-state index is 11.9. The summed E-state index contributed by atoms with van der Waals surface area (Å²) >= 11 is 0. The predicted octanol–water partition coefficient (Wildman–Crippen LogP) is 1.83. The molecule has 0 heterocycles. The molecule has 0 fully saturated rings. The van der Waals surface area contributed by atoms with Gasteiger partial charge in [-0.05, 0) is 32.6 Å². The second-order valence-electron chi connectivity index (χ2n) is 5.39. The average molecular weight is 308 g/mol. The van der Waals surface area contributed by atoms with E-state index in [-0.39, 0.29) is 18.4 Å². The van der Waals surface area contributed by atoms with Crippen molar-refractivity contribution < 1.29 is 18.3 Å². The molecule has 0 saturated heterocycles. The number of hydrogen-bond donors (Lipinski definition) is 2. The number of aliphatic carboxylic acids is 1. The van der Waals surface area contributed by atoms with Crippen LogP contribution in [0, 0.1) is 5.92 Å². The highest BCUT2D eigenvalue weighted by Crippen LogP contribution is 2.17. The molecule has 0 amide bonds. The Morgan fingerprint density at radius 3 is 2.30 bits per heavy atom. The summed E-state index contributed by atoms with van der Waals surface area (Å²) in [6.07, 6.45) is 3.32. The fourth-order valence-electron chi connectivity index (χ4n) is 1.94. The van der Waals surface area contributed by atoms with Crippen molar-refractivity contribution in [2.75, 3.05) is 13.6 Å². The Bertz CT molecular complexity index is 382. The van der Waals surface area contributed by atoms with Gasteiger partial charge in [0.1, 0.15) is 0 Å². The van der Waals surface area contributed by atoms with Crippen molar-refractivity contribution in [1.82, 2.24) is 9.03 Å². The van der Waals surface area contributed by atoms with Crippen molar-refractivity contribution >= 4 is 16.2 Å². The van der Waals surface area contributed by atoms with Crippen molar-refractivity contribution in [3.8, 4) is 0 Å². The van der Waals surface area contributed by atoms with E-state index in [9.17, 15) is 13.2 Å². The molecule has 0 aliphatic heterocycles. The topological polar surface area (TPSA) is 86.7 Å². The Morgan fingerprint density at radius 2 is 1.85 bits per heavy atom. The molecular formula is C13H28N2O4S. The smallest absolute Gasteiger partial charge is 0.303 e. The molecule has 1 unspecified atom stereocenters. The van der Waals surface area contributed by atoms with Crippen LogP contribution in [-0.2, 0) is 15.0 Å². The summed E-state index contributed by atoms with van der Waals surface area (Å²) in [7, 11) is -1.89. The van der Waals surface area contributed by atoms with Crippen molar-refractivity contribution in [1.29, 1.82) is 0 Å². The minimum atomic E-state index is -3.43. The molecule has 0 radical (unpaired) electrons. The van der Waals surface area contributed by atoms with Gasteiger partial charge < -0.3 is 5.11 Å². The summed E-state index contributed by atoms with van der Waals surface area (Å²) < 4.78 is 27.7. The van der Waals surface area contributed by atoms with E-state index in [1.807, 2.05) is 20.8 Å². The van der Waals surface area contributed by atoms with Gasteiger partial charge in [-0.15, -0.1) is 0 Å². The van der Waals surface area contributed by atoms with Crippen molar-refractivity contribution in [2.24, 2.45) is 5.92 Å². The Balaban J connectivity index is 4.25. The van der Waals surface area contributed by atoms with E-state index >= 15 is 0 Å². The fourth-order valence-corrected chi connectivity index (χ4v) is 3.07. The molecule has 1 atom stereocenters. The lowest BCUT2D eigenvalue weighted by atomic mass is 9.95. The standard InChI is InChI=1S/C13H28N2O4S/c1-5-6-12(7-8-13(16)17)9-10-14-20(18,19)15(4)11(2)3/h11-12,14H,5-10H2,1-4H3,(H,16,17). The van der Waals surface area contributed by atoms with Gasteiger partial charge in [-0.25, -0.2) is 4.72 Å². The van der Waals surface area contributed by atoms with Crippen LogP contribution in [0.1, 0.15) is 52.9 Å². The van der Waals surface area contributed by atoms with Crippen LogP contribution in [-0.4, -0.2) is 43.4 Å². The van der Waals surface area contributed by atoms with E-state index in [1.54, 1.807) is 7.05 Å². The molecule has 0 saturated carbocycles. The molecular weight excluding hydrogens is 280 g/mol. The molecule has 0 aliphatic rings. The Morgan fingerprint density at radius 1 is 1.25 bits per heavy atom. The van der Waals surface area contributed by atoms with Gasteiger partial charge in [-0.1, -0.05) is 19.8 Å². The Kier molecular flexibility index (Phi) is 9.00. The number of hydrogen-bond acceptors (Lipinski definition) is 3. The molecule has 6 nitrogen and oxygen atoms in total. The zero-order valence-electron chi connectivity index (χ0n) is 12.9. The first kappa shape index (κ1) is 19.3. The van der Waals surface area contributed by atoms with Crippen LogP contribution in [0.2, 0.25) is 0 Å². The number of nitrogens with one attached hydrogen (secondary N) is 1. The first-order valence-electron chi connectivity index (χ1n) is 7.15. The minimum Gasteiger partial charge on any atom is -0.481 e. The van der Waals surface area contributed by atoms with E-state index < -0.39 is 16.2 Å². The highest BCUT2D eigenvalue weighted by Gasteiger charge is 2.20. The quantitative estimate of drug-likeness (QED) is 0.609. The molecule has 0 aromatic carbocycles. The van der Waals surface area contributed by atoms with E-state index in [1.165, 1.54) is 4.31 Å². The summed E-state index contributed by atoms with van der Waals surface area (Å²) in [6, 6.07) is -0.0917. The summed E-state index contributed by atoms with van der Waals surface area (Å²) in [5.41, 5.74) is 0. The molecule has 0 aromatic rings. The lowest BCUT2D eigenvalue weighted by molar-refractivity contribution is -0.137. The van der Waals surface area contributed by atoms with Crippen LogP contribution < -0.4 is 4.72 Å². The van der Waals surface area contributed by atoms with E-state index in [0.29, 0.717) is 19.4 Å². The normalized spacial score (nSPS) is 13.9. The fraction of sp³-hybridized carbons (Fsp3) is 0.923. The monoisotopic (exact) mass is 308 g/mol. The highest BCUT2D eigenvalue weighted by molar-refractivity contribution is 7.87. The predicted molar refractivity (Wildman–Crippen MR) is 79.7 cm³/mol. The zero-order valence-corrected chi connectivity index (χ0v) is 13.7. The lowest BCUT2D eigenvalue weighted by Crippen LogP contribution is -2.42. The second-order valence-corrected chi connectivity index (χ2v) is 7.20. The molecule has 2 N–H and O–H groups in total. The summed E-state index contributed by atoms with van der Waals surface area (Å²) in [5, 5.41) is 8.70. The zero-order chi connectivity index (χ0) is 15.8. The molecule has 120 valence electrons. The number of carbonyl (C=O) groups is 1. The molecule has 0 aliphatic carbocycles. The number of carboxylic acid groups (broad SMARTS) is 1. The van der Waals surface area contributed by atoms with E-state index in [4.69, 9.17) is 5.11 Å². The number of carboxylic acids is 1. The summed E-state index contributed by atoms with van der Waals surface area (Å²) in [4.78, 5) is 10.6. The Labute approximate surface area is 122 Å². The third kappa shape index (κ3) is 7.81. The lowest BCUT2D eigenvalue weighted by Gasteiger charge is -2.22. The van der Waals surface area contributed by atoms with Gasteiger partial charge in [0.25, 0.3) is 10.2 Å². The first-order chi connectivity index (χ1) is 9.20. The second kappa shape index (κ2) is 9.31. The summed E-state index contributed by atoms with van der Waals surface area (Å²) in [5.74, 6) is -0.547. The van der Waals surface area contributed by atoms with Crippen molar-refractivity contribution in [3.63, 3.8) is 0 Å². The van der Waals surface area contributed by atoms with Crippen molar-refractivity contribution in [2.45, 2.75) is 58.9 Å². The maximum Gasteiger partial charge on any atom is 0.303 e. The maximum atomic E-state index is 11.9.